The normalized spacial score (nSPS) is 20.7. The minimum absolute atomic E-state index is 0.00391. The number of imidazole rings is 1. The van der Waals surface area contributed by atoms with Gasteiger partial charge < -0.3 is 19.9 Å². The van der Waals surface area contributed by atoms with Gasteiger partial charge in [0.15, 0.2) is 0 Å². The second-order valence-electron chi connectivity index (χ2n) is 7.49. The van der Waals surface area contributed by atoms with Crippen molar-refractivity contribution < 1.29 is 9.53 Å². The summed E-state index contributed by atoms with van der Waals surface area (Å²) in [4.78, 5) is 20.4. The first-order valence-corrected chi connectivity index (χ1v) is 9.70. The van der Waals surface area contributed by atoms with Gasteiger partial charge >= 0.3 is 6.03 Å². The first-order valence-electron chi connectivity index (χ1n) is 9.70. The van der Waals surface area contributed by atoms with E-state index >= 15 is 0 Å². The number of urea groups is 1. The number of pyridine rings is 1. The van der Waals surface area contributed by atoms with Crippen molar-refractivity contribution in [3.05, 3.63) is 42.6 Å². The number of amides is 2. The SMILES string of the molecule is CC1CCC(Oc2cc(CNC(=O)NC(C)Cn3ccnc3)ccn2)CC1. The Balaban J connectivity index is 1.43. The maximum atomic E-state index is 12.1. The summed E-state index contributed by atoms with van der Waals surface area (Å²) in [5.41, 5.74) is 0.974. The second kappa shape index (κ2) is 9.39. The Kier molecular flexibility index (Phi) is 6.68. The van der Waals surface area contributed by atoms with E-state index < -0.39 is 0 Å². The molecule has 1 saturated carbocycles. The van der Waals surface area contributed by atoms with Crippen molar-refractivity contribution >= 4 is 6.03 Å². The fourth-order valence-electron chi connectivity index (χ4n) is 3.36. The predicted octanol–water partition coefficient (Wildman–Crippen LogP) is 3.12. The van der Waals surface area contributed by atoms with Crippen molar-refractivity contribution in [2.45, 2.75) is 64.8 Å². The highest BCUT2D eigenvalue weighted by molar-refractivity contribution is 5.74. The molecule has 7 nitrogen and oxygen atoms in total. The molecule has 1 aliphatic rings. The van der Waals surface area contributed by atoms with Crippen LogP contribution in [-0.2, 0) is 13.1 Å². The molecule has 2 N–H and O–H groups in total. The lowest BCUT2D eigenvalue weighted by atomic mass is 9.89. The van der Waals surface area contributed by atoms with Crippen LogP contribution in [0.5, 0.6) is 5.88 Å². The highest BCUT2D eigenvalue weighted by Crippen LogP contribution is 2.26. The van der Waals surface area contributed by atoms with Crippen molar-refractivity contribution in [1.29, 1.82) is 0 Å². The summed E-state index contributed by atoms with van der Waals surface area (Å²) >= 11 is 0. The molecule has 2 aromatic rings. The number of aromatic nitrogens is 3. The van der Waals surface area contributed by atoms with Crippen LogP contribution in [0.2, 0.25) is 0 Å². The molecule has 3 rings (SSSR count). The number of carbonyl (C=O) groups excluding carboxylic acids is 1. The van der Waals surface area contributed by atoms with Crippen LogP contribution in [-0.4, -0.2) is 32.7 Å². The summed E-state index contributed by atoms with van der Waals surface area (Å²) in [6.45, 7) is 5.37. The van der Waals surface area contributed by atoms with Gasteiger partial charge in [-0.05, 0) is 50.2 Å². The van der Waals surface area contributed by atoms with Crippen LogP contribution in [0, 0.1) is 5.92 Å². The first kappa shape index (κ1) is 19.2. The molecule has 0 aromatic carbocycles. The van der Waals surface area contributed by atoms with Crippen LogP contribution in [0.15, 0.2) is 37.1 Å². The number of hydrogen-bond acceptors (Lipinski definition) is 4. The average molecular weight is 371 g/mol. The maximum absolute atomic E-state index is 12.1. The predicted molar refractivity (Wildman–Crippen MR) is 103 cm³/mol. The number of nitrogens with one attached hydrogen (secondary N) is 2. The van der Waals surface area contributed by atoms with Crippen LogP contribution in [0.25, 0.3) is 0 Å². The number of nitrogens with zero attached hydrogens (tertiary/aromatic N) is 3. The average Bonchev–Trinajstić information content (AvgIpc) is 3.15. The smallest absolute Gasteiger partial charge is 0.315 e. The molecule has 2 amide bonds. The van der Waals surface area contributed by atoms with Gasteiger partial charge in [0.25, 0.3) is 0 Å². The summed E-state index contributed by atoms with van der Waals surface area (Å²) in [5.74, 6) is 1.44. The van der Waals surface area contributed by atoms with Crippen molar-refractivity contribution in [2.75, 3.05) is 0 Å². The van der Waals surface area contributed by atoms with E-state index in [1.165, 1.54) is 12.8 Å². The molecule has 2 heterocycles. The van der Waals surface area contributed by atoms with Gasteiger partial charge in [-0.3, -0.25) is 0 Å². The quantitative estimate of drug-likeness (QED) is 0.783. The van der Waals surface area contributed by atoms with Gasteiger partial charge in [-0.25, -0.2) is 14.8 Å². The molecular formula is C20H29N5O2. The summed E-state index contributed by atoms with van der Waals surface area (Å²) in [6, 6.07) is 3.62. The summed E-state index contributed by atoms with van der Waals surface area (Å²) in [5, 5.41) is 5.82. The Morgan fingerprint density at radius 3 is 2.89 bits per heavy atom. The lowest BCUT2D eigenvalue weighted by Crippen LogP contribution is -2.42. The molecule has 1 fully saturated rings. The summed E-state index contributed by atoms with van der Waals surface area (Å²) < 4.78 is 7.96. The van der Waals surface area contributed by atoms with E-state index in [1.807, 2.05) is 29.8 Å². The third-order valence-corrected chi connectivity index (χ3v) is 4.92. The van der Waals surface area contributed by atoms with Crippen LogP contribution in [0.1, 0.15) is 45.1 Å². The van der Waals surface area contributed by atoms with Gasteiger partial charge in [0, 0.05) is 43.8 Å². The maximum Gasteiger partial charge on any atom is 0.315 e. The van der Waals surface area contributed by atoms with Crippen LogP contribution in [0.3, 0.4) is 0 Å². The molecule has 0 radical (unpaired) electrons. The number of rotatable bonds is 7. The summed E-state index contributed by atoms with van der Waals surface area (Å²) in [7, 11) is 0. The van der Waals surface area contributed by atoms with Gasteiger partial charge in [0.1, 0.15) is 6.10 Å². The standard InChI is InChI=1S/C20H29N5O2/c1-15-3-5-18(6-4-15)27-19-11-17(7-8-22-19)12-23-20(26)24-16(2)13-25-10-9-21-14-25/h7-11,14-16,18H,3-6,12-13H2,1-2H3,(H2,23,24,26). The van der Waals surface area contributed by atoms with Gasteiger partial charge in [-0.1, -0.05) is 6.92 Å². The molecule has 1 aliphatic carbocycles. The van der Waals surface area contributed by atoms with Crippen LogP contribution >= 0.6 is 0 Å². The van der Waals surface area contributed by atoms with Gasteiger partial charge in [-0.2, -0.15) is 0 Å². The minimum atomic E-state index is -0.192. The van der Waals surface area contributed by atoms with Gasteiger partial charge in [-0.15, -0.1) is 0 Å². The Morgan fingerprint density at radius 2 is 2.15 bits per heavy atom. The molecule has 7 heteroatoms. The van der Waals surface area contributed by atoms with E-state index in [9.17, 15) is 4.79 Å². The summed E-state index contributed by atoms with van der Waals surface area (Å²) in [6.07, 6.45) is 11.9. The van der Waals surface area contributed by atoms with Crippen molar-refractivity contribution in [3.8, 4) is 5.88 Å². The van der Waals surface area contributed by atoms with E-state index in [0.29, 0.717) is 19.0 Å². The second-order valence-corrected chi connectivity index (χ2v) is 7.49. The van der Waals surface area contributed by atoms with E-state index in [1.54, 1.807) is 18.7 Å². The number of hydrogen-bond donors (Lipinski definition) is 2. The Labute approximate surface area is 160 Å². The molecule has 0 aliphatic heterocycles. The van der Waals surface area contributed by atoms with Gasteiger partial charge in [0.2, 0.25) is 5.88 Å². The zero-order chi connectivity index (χ0) is 19.1. The number of carbonyl (C=O) groups is 1. The first-order chi connectivity index (χ1) is 13.1. The van der Waals surface area contributed by atoms with E-state index in [-0.39, 0.29) is 18.2 Å². The lowest BCUT2D eigenvalue weighted by molar-refractivity contribution is 0.130. The molecule has 0 spiro atoms. The third-order valence-electron chi connectivity index (χ3n) is 4.92. The molecule has 2 aromatic heterocycles. The highest BCUT2D eigenvalue weighted by Gasteiger charge is 2.20. The fourth-order valence-corrected chi connectivity index (χ4v) is 3.36. The molecular weight excluding hydrogens is 342 g/mol. The van der Waals surface area contributed by atoms with Crippen molar-refractivity contribution in [3.63, 3.8) is 0 Å². The van der Waals surface area contributed by atoms with Crippen LogP contribution < -0.4 is 15.4 Å². The minimum Gasteiger partial charge on any atom is -0.474 e. The van der Waals surface area contributed by atoms with E-state index in [4.69, 9.17) is 4.74 Å². The zero-order valence-corrected chi connectivity index (χ0v) is 16.1. The lowest BCUT2D eigenvalue weighted by Gasteiger charge is -2.26. The molecule has 0 bridgehead atoms. The molecule has 146 valence electrons. The van der Waals surface area contributed by atoms with Crippen molar-refractivity contribution in [1.82, 2.24) is 25.2 Å². The Morgan fingerprint density at radius 1 is 1.33 bits per heavy atom. The molecule has 27 heavy (non-hydrogen) atoms. The topological polar surface area (TPSA) is 81.1 Å². The van der Waals surface area contributed by atoms with Crippen molar-refractivity contribution in [2.24, 2.45) is 5.92 Å². The fraction of sp³-hybridized carbons (Fsp3) is 0.550. The molecule has 0 saturated heterocycles. The third kappa shape index (κ3) is 6.27. The number of ether oxygens (including phenoxy) is 1. The molecule has 1 atom stereocenters. The Bertz CT molecular complexity index is 711. The van der Waals surface area contributed by atoms with Crippen LogP contribution in [0.4, 0.5) is 4.79 Å². The monoisotopic (exact) mass is 371 g/mol. The zero-order valence-electron chi connectivity index (χ0n) is 16.1. The van der Waals surface area contributed by atoms with E-state index in [0.717, 1.165) is 24.3 Å². The van der Waals surface area contributed by atoms with Gasteiger partial charge in [0.05, 0.1) is 6.33 Å². The van der Waals surface area contributed by atoms with E-state index in [2.05, 4.69) is 27.5 Å². The highest BCUT2D eigenvalue weighted by atomic mass is 16.5. The molecule has 1 unspecified atom stereocenters. The Hall–Kier alpha value is -2.57. The largest absolute Gasteiger partial charge is 0.474 e.